The second-order valence-electron chi connectivity index (χ2n) is 12.5. The molecule has 1 aliphatic heterocycles. The number of hydrogen-bond acceptors (Lipinski definition) is 6. The second-order valence-corrected chi connectivity index (χ2v) is 12.9. The van der Waals surface area contributed by atoms with E-state index in [2.05, 4.69) is 55.0 Å². The highest BCUT2D eigenvalue weighted by molar-refractivity contribution is 7.80. The van der Waals surface area contributed by atoms with Crippen LogP contribution in [0.2, 0.25) is 0 Å². The molecular formula is C36H46N4O3S. The summed E-state index contributed by atoms with van der Waals surface area (Å²) < 4.78 is 5.71. The number of carbonyl (C=O) groups excluding carboxylic acids is 1. The maximum atomic E-state index is 13.0. The number of benzene rings is 2. The molecule has 0 radical (unpaired) electrons. The highest BCUT2D eigenvalue weighted by Gasteiger charge is 2.27. The third-order valence-electron chi connectivity index (χ3n) is 8.05. The summed E-state index contributed by atoms with van der Waals surface area (Å²) in [6.45, 7) is 11.8. The Bertz CT molecular complexity index is 1460. The molecule has 1 aliphatic rings. The summed E-state index contributed by atoms with van der Waals surface area (Å²) in [6, 6.07) is 16.8. The lowest BCUT2D eigenvalue weighted by atomic mass is 9.86. The van der Waals surface area contributed by atoms with Crippen molar-refractivity contribution in [3.05, 3.63) is 77.2 Å². The smallest absolute Gasteiger partial charge is 0.230 e. The molecule has 1 N–H and O–H groups in total. The van der Waals surface area contributed by atoms with Crippen LogP contribution in [0.15, 0.2) is 59.9 Å². The van der Waals surface area contributed by atoms with Crippen molar-refractivity contribution in [3.63, 3.8) is 0 Å². The lowest BCUT2D eigenvalue weighted by molar-refractivity contribution is -0.128. The van der Waals surface area contributed by atoms with Crippen molar-refractivity contribution in [3.8, 4) is 17.0 Å². The molecule has 0 fully saturated rings. The highest BCUT2D eigenvalue weighted by Crippen LogP contribution is 2.28. The summed E-state index contributed by atoms with van der Waals surface area (Å²) in [5, 5.41) is 9.64. The number of amides is 1. The molecule has 1 atom stereocenters. The van der Waals surface area contributed by atoms with Crippen molar-refractivity contribution < 1.29 is 14.6 Å². The largest absolute Gasteiger partial charge is 0.502 e. The predicted molar refractivity (Wildman–Crippen MR) is 182 cm³/mol. The number of amidine groups is 1. The molecule has 1 aromatic heterocycles. The van der Waals surface area contributed by atoms with Gasteiger partial charge in [0.15, 0.2) is 5.05 Å². The molecule has 0 saturated carbocycles. The first-order valence-electron chi connectivity index (χ1n) is 15.8. The third-order valence-corrected chi connectivity index (χ3v) is 8.19. The zero-order valence-electron chi connectivity index (χ0n) is 26.8. The average molecular weight is 615 g/mol. The van der Waals surface area contributed by atoms with Gasteiger partial charge in [-0.1, -0.05) is 45.0 Å². The van der Waals surface area contributed by atoms with Crippen molar-refractivity contribution in [2.24, 2.45) is 4.99 Å². The van der Waals surface area contributed by atoms with Gasteiger partial charge in [0.2, 0.25) is 5.91 Å². The molecule has 0 saturated heterocycles. The van der Waals surface area contributed by atoms with Gasteiger partial charge >= 0.3 is 0 Å². The molecule has 1 amide bonds. The molecule has 0 bridgehead atoms. The lowest BCUT2D eigenvalue weighted by Crippen LogP contribution is -2.42. The van der Waals surface area contributed by atoms with Gasteiger partial charge in [-0.2, -0.15) is 0 Å². The number of aliphatic hydroxyl groups excluding tert-OH is 1. The summed E-state index contributed by atoms with van der Waals surface area (Å²) in [5.41, 5.74) is 6.31. The first-order chi connectivity index (χ1) is 21.1. The minimum Gasteiger partial charge on any atom is -0.502 e. The van der Waals surface area contributed by atoms with Crippen LogP contribution in [0.1, 0.15) is 89.1 Å². The molecule has 0 aliphatic carbocycles. The van der Waals surface area contributed by atoms with Crippen LogP contribution in [0.5, 0.6) is 5.75 Å². The van der Waals surface area contributed by atoms with Crippen molar-refractivity contribution in [2.75, 3.05) is 13.2 Å². The van der Waals surface area contributed by atoms with Crippen LogP contribution in [-0.2, 0) is 29.5 Å². The Morgan fingerprint density at radius 1 is 1.02 bits per heavy atom. The first-order valence-corrected chi connectivity index (χ1v) is 16.2. The van der Waals surface area contributed by atoms with Crippen LogP contribution in [0.25, 0.3) is 11.3 Å². The van der Waals surface area contributed by atoms with E-state index in [1.54, 1.807) is 6.33 Å². The molecule has 7 nitrogen and oxygen atoms in total. The van der Waals surface area contributed by atoms with Crippen LogP contribution >= 0.6 is 12.2 Å². The second kappa shape index (κ2) is 15.4. The van der Waals surface area contributed by atoms with Gasteiger partial charge in [0, 0.05) is 42.6 Å². The highest BCUT2D eigenvalue weighted by atomic mass is 32.1. The summed E-state index contributed by atoms with van der Waals surface area (Å²) in [6.07, 6.45) is 7.55. The van der Waals surface area contributed by atoms with Crippen LogP contribution in [0.4, 0.5) is 0 Å². The van der Waals surface area contributed by atoms with E-state index in [0.717, 1.165) is 66.9 Å². The number of hydrogen-bond donors (Lipinski definition) is 1. The molecule has 3 aromatic rings. The Morgan fingerprint density at radius 3 is 2.48 bits per heavy atom. The summed E-state index contributed by atoms with van der Waals surface area (Å²) >= 11 is 4.93. The molecule has 2 aromatic carbocycles. The Kier molecular flexibility index (Phi) is 11.6. The van der Waals surface area contributed by atoms with Gasteiger partial charge < -0.3 is 14.7 Å². The normalized spacial score (nSPS) is 15.3. The molecule has 8 heteroatoms. The Morgan fingerprint density at radius 2 is 1.80 bits per heavy atom. The van der Waals surface area contributed by atoms with E-state index in [0.29, 0.717) is 25.3 Å². The van der Waals surface area contributed by atoms with E-state index in [1.807, 2.05) is 43.0 Å². The Hall–Kier alpha value is -3.65. The molecule has 44 heavy (non-hydrogen) atoms. The summed E-state index contributed by atoms with van der Waals surface area (Å²) in [5.74, 6) is 1.78. The zero-order chi connectivity index (χ0) is 31.7. The van der Waals surface area contributed by atoms with E-state index in [1.165, 1.54) is 11.1 Å². The van der Waals surface area contributed by atoms with Gasteiger partial charge in [-0.3, -0.25) is 9.79 Å². The predicted octanol–water partition coefficient (Wildman–Crippen LogP) is 7.63. The molecule has 4 rings (SSSR count). The van der Waals surface area contributed by atoms with E-state index in [4.69, 9.17) is 21.9 Å². The number of aromatic nitrogens is 2. The molecule has 234 valence electrons. The number of aryl methyl sites for hydroxylation is 2. The van der Waals surface area contributed by atoms with Crippen LogP contribution < -0.4 is 4.74 Å². The van der Waals surface area contributed by atoms with Crippen LogP contribution in [-0.4, -0.2) is 56.0 Å². The summed E-state index contributed by atoms with van der Waals surface area (Å²) in [4.78, 5) is 28.9. The fourth-order valence-electron chi connectivity index (χ4n) is 5.68. The minimum absolute atomic E-state index is 0.0421. The first kappa shape index (κ1) is 33.2. The molecule has 0 spiro atoms. The zero-order valence-corrected chi connectivity index (χ0v) is 27.6. The average Bonchev–Trinajstić information content (AvgIpc) is 2.98. The van der Waals surface area contributed by atoms with Crippen molar-refractivity contribution in [1.29, 1.82) is 0 Å². The number of carbonyl (C=O) groups is 1. The quantitative estimate of drug-likeness (QED) is 0.188. The van der Waals surface area contributed by atoms with Gasteiger partial charge in [-0.15, -0.1) is 0 Å². The monoisotopic (exact) mass is 614 g/mol. The molecular weight excluding hydrogens is 568 g/mol. The number of aliphatic hydroxyl groups is 1. The molecule has 2 heterocycles. The van der Waals surface area contributed by atoms with E-state index in [-0.39, 0.29) is 28.8 Å². The van der Waals surface area contributed by atoms with Crippen LogP contribution in [0.3, 0.4) is 0 Å². The summed E-state index contributed by atoms with van der Waals surface area (Å²) in [7, 11) is 0. The van der Waals surface area contributed by atoms with Gasteiger partial charge in [0.05, 0.1) is 18.3 Å². The number of rotatable bonds is 14. The fraction of sp³-hybridized carbons (Fsp3) is 0.472. The SMILES string of the molecule is CCOc1ccc(-c2cc(CCCC3=NC(CCCc4ccc(C(C)(C)C)cc4)CC(=O)N3CC)ncn2)cc1CC(O)=S. The van der Waals surface area contributed by atoms with Crippen molar-refractivity contribution in [2.45, 2.75) is 97.4 Å². The Labute approximate surface area is 267 Å². The number of nitrogens with zero attached hydrogens (tertiary/aromatic N) is 4. The maximum absolute atomic E-state index is 13.0. The number of ether oxygens (including phenoxy) is 1. The maximum Gasteiger partial charge on any atom is 0.230 e. The van der Waals surface area contributed by atoms with E-state index >= 15 is 0 Å². The molecule has 1 unspecified atom stereocenters. The fourth-order valence-corrected chi connectivity index (χ4v) is 5.83. The number of thiocarbonyl (C=S) groups is 1. The van der Waals surface area contributed by atoms with E-state index < -0.39 is 0 Å². The van der Waals surface area contributed by atoms with Gasteiger partial charge in [-0.25, -0.2) is 9.97 Å². The lowest BCUT2D eigenvalue weighted by Gasteiger charge is -2.30. The van der Waals surface area contributed by atoms with Gasteiger partial charge in [0.25, 0.3) is 0 Å². The standard InChI is InChI=1S/C36H46N4O3S/c1-6-40-33(39-30(23-34(40)41)12-8-10-25-14-17-28(18-15-25)36(3,4)5)13-9-11-29-22-31(38-24-37-29)26-16-19-32(43-7-2)27(20-26)21-35(42)44/h14-20,22,24,30H,6-13,21,23H2,1-5H3,(H,42,44). The third kappa shape index (κ3) is 9.18. The van der Waals surface area contributed by atoms with E-state index in [9.17, 15) is 9.90 Å². The van der Waals surface area contributed by atoms with Crippen molar-refractivity contribution >= 4 is 29.0 Å². The topological polar surface area (TPSA) is 87.9 Å². The minimum atomic E-state index is -0.0788. The van der Waals surface area contributed by atoms with Gasteiger partial charge in [-0.05, 0) is 99.0 Å². The number of aliphatic imine (C=N–C) groups is 1. The van der Waals surface area contributed by atoms with Crippen molar-refractivity contribution in [1.82, 2.24) is 14.9 Å². The van der Waals surface area contributed by atoms with Crippen LogP contribution in [0, 0.1) is 0 Å². The van der Waals surface area contributed by atoms with Gasteiger partial charge in [0.1, 0.15) is 17.9 Å². The Balaban J connectivity index is 1.36.